The first-order chi connectivity index (χ1) is 8.24. The molecule has 0 radical (unpaired) electrons. The molecule has 0 unspecified atom stereocenters. The van der Waals surface area contributed by atoms with Crippen molar-refractivity contribution < 1.29 is 9.53 Å². The standard InChI is InChI=1S/C12H19N3O2/c1-14-12(16)15(9-5-8-13)10-6-3-4-7-11(10)17-2/h3-4,6-7H,5,8-9,13H2,1-2H3,(H,14,16). The number of rotatable bonds is 5. The van der Waals surface area contributed by atoms with Crippen LogP contribution in [0.15, 0.2) is 24.3 Å². The molecule has 0 saturated carbocycles. The van der Waals surface area contributed by atoms with E-state index in [4.69, 9.17) is 10.5 Å². The van der Waals surface area contributed by atoms with Gasteiger partial charge in [0.15, 0.2) is 0 Å². The molecule has 5 nitrogen and oxygen atoms in total. The maximum atomic E-state index is 11.8. The zero-order valence-corrected chi connectivity index (χ0v) is 10.3. The number of methoxy groups -OCH3 is 1. The molecule has 1 aromatic rings. The number of nitrogens with one attached hydrogen (secondary N) is 1. The van der Waals surface area contributed by atoms with Gasteiger partial charge in [-0.15, -0.1) is 0 Å². The number of nitrogens with zero attached hydrogens (tertiary/aromatic N) is 1. The smallest absolute Gasteiger partial charge is 0.321 e. The second-order valence-electron chi connectivity index (χ2n) is 3.52. The highest BCUT2D eigenvalue weighted by atomic mass is 16.5. The molecule has 0 spiro atoms. The van der Waals surface area contributed by atoms with Crippen molar-refractivity contribution in [2.75, 3.05) is 32.1 Å². The van der Waals surface area contributed by atoms with E-state index in [1.165, 1.54) is 0 Å². The average molecular weight is 237 g/mol. The normalized spacial score (nSPS) is 9.82. The molecule has 0 saturated heterocycles. The summed E-state index contributed by atoms with van der Waals surface area (Å²) in [6.07, 6.45) is 0.742. The summed E-state index contributed by atoms with van der Waals surface area (Å²) >= 11 is 0. The number of hydrogen-bond acceptors (Lipinski definition) is 3. The first kappa shape index (κ1) is 13.3. The van der Waals surface area contributed by atoms with Crippen molar-refractivity contribution in [1.82, 2.24) is 5.32 Å². The Hall–Kier alpha value is -1.75. The predicted octanol–water partition coefficient (Wildman–Crippen LogP) is 1.19. The van der Waals surface area contributed by atoms with E-state index >= 15 is 0 Å². The van der Waals surface area contributed by atoms with E-state index in [2.05, 4.69) is 5.32 Å². The second kappa shape index (κ2) is 6.75. The van der Waals surface area contributed by atoms with Crippen LogP contribution >= 0.6 is 0 Å². The quantitative estimate of drug-likeness (QED) is 0.808. The molecule has 0 aromatic heterocycles. The van der Waals surface area contributed by atoms with Crippen molar-refractivity contribution in [2.24, 2.45) is 5.73 Å². The lowest BCUT2D eigenvalue weighted by atomic mass is 10.2. The molecule has 0 aliphatic carbocycles. The monoisotopic (exact) mass is 237 g/mol. The maximum Gasteiger partial charge on any atom is 0.321 e. The van der Waals surface area contributed by atoms with E-state index in [0.29, 0.717) is 18.8 Å². The minimum absolute atomic E-state index is 0.164. The Kier molecular flexibility index (Phi) is 5.29. The average Bonchev–Trinajstić information content (AvgIpc) is 2.39. The number of carbonyl (C=O) groups is 1. The molecular weight excluding hydrogens is 218 g/mol. The van der Waals surface area contributed by atoms with Gasteiger partial charge in [0.1, 0.15) is 5.75 Å². The van der Waals surface area contributed by atoms with E-state index in [1.807, 2.05) is 24.3 Å². The molecule has 2 amide bonds. The van der Waals surface area contributed by atoms with Gasteiger partial charge in [-0.25, -0.2) is 4.79 Å². The highest BCUT2D eigenvalue weighted by Crippen LogP contribution is 2.27. The summed E-state index contributed by atoms with van der Waals surface area (Å²) in [5.74, 6) is 0.674. The van der Waals surface area contributed by atoms with Gasteiger partial charge in [0, 0.05) is 13.6 Å². The zero-order chi connectivity index (χ0) is 12.7. The van der Waals surface area contributed by atoms with Gasteiger partial charge < -0.3 is 15.8 Å². The molecule has 0 aliphatic rings. The van der Waals surface area contributed by atoms with Gasteiger partial charge in [0.05, 0.1) is 12.8 Å². The highest BCUT2D eigenvalue weighted by Gasteiger charge is 2.17. The van der Waals surface area contributed by atoms with Crippen LogP contribution in [0, 0.1) is 0 Å². The van der Waals surface area contributed by atoms with E-state index in [1.54, 1.807) is 19.1 Å². The Labute approximate surface area is 102 Å². The summed E-state index contributed by atoms with van der Waals surface area (Å²) in [5.41, 5.74) is 6.23. The first-order valence-electron chi connectivity index (χ1n) is 5.57. The van der Waals surface area contributed by atoms with Crippen LogP contribution in [0.5, 0.6) is 5.75 Å². The van der Waals surface area contributed by atoms with Crippen LogP contribution in [0.3, 0.4) is 0 Å². The predicted molar refractivity (Wildman–Crippen MR) is 68.5 cm³/mol. The number of ether oxygens (including phenoxy) is 1. The summed E-state index contributed by atoms with van der Waals surface area (Å²) in [6, 6.07) is 7.25. The lowest BCUT2D eigenvalue weighted by Gasteiger charge is -2.23. The molecule has 94 valence electrons. The number of hydrogen-bond donors (Lipinski definition) is 2. The van der Waals surface area contributed by atoms with Crippen LogP contribution < -0.4 is 20.7 Å². The Morgan fingerprint density at radius 1 is 1.47 bits per heavy atom. The summed E-state index contributed by atoms with van der Waals surface area (Å²) in [5, 5.41) is 2.61. The van der Waals surface area contributed by atoms with Gasteiger partial charge in [0.25, 0.3) is 0 Å². The van der Waals surface area contributed by atoms with Crippen LogP contribution in [0.2, 0.25) is 0 Å². The third-order valence-corrected chi connectivity index (χ3v) is 2.42. The fraction of sp³-hybridized carbons (Fsp3) is 0.417. The largest absolute Gasteiger partial charge is 0.495 e. The zero-order valence-electron chi connectivity index (χ0n) is 10.3. The second-order valence-corrected chi connectivity index (χ2v) is 3.52. The molecule has 1 aromatic carbocycles. The van der Waals surface area contributed by atoms with E-state index in [-0.39, 0.29) is 6.03 Å². The molecular formula is C12H19N3O2. The fourth-order valence-electron chi connectivity index (χ4n) is 1.57. The number of nitrogens with two attached hydrogens (primary N) is 1. The Morgan fingerprint density at radius 3 is 2.76 bits per heavy atom. The lowest BCUT2D eigenvalue weighted by Crippen LogP contribution is -2.39. The fourth-order valence-corrected chi connectivity index (χ4v) is 1.57. The van der Waals surface area contributed by atoms with Crippen LogP contribution in [0.25, 0.3) is 0 Å². The summed E-state index contributed by atoms with van der Waals surface area (Å²) in [6.45, 7) is 1.11. The van der Waals surface area contributed by atoms with Gasteiger partial charge >= 0.3 is 6.03 Å². The summed E-state index contributed by atoms with van der Waals surface area (Å²) in [4.78, 5) is 13.4. The molecule has 0 fully saturated rings. The van der Waals surface area contributed by atoms with Crippen molar-refractivity contribution >= 4 is 11.7 Å². The molecule has 0 aliphatic heterocycles. The van der Waals surface area contributed by atoms with E-state index < -0.39 is 0 Å². The van der Waals surface area contributed by atoms with Crippen molar-refractivity contribution in [3.05, 3.63) is 24.3 Å². The third-order valence-electron chi connectivity index (χ3n) is 2.42. The number of anilines is 1. The Bertz CT molecular complexity index is 369. The number of benzene rings is 1. The van der Waals surface area contributed by atoms with Gasteiger partial charge in [0.2, 0.25) is 0 Å². The van der Waals surface area contributed by atoms with Gasteiger partial charge in [-0.05, 0) is 25.1 Å². The van der Waals surface area contributed by atoms with Crippen LogP contribution in [0.4, 0.5) is 10.5 Å². The van der Waals surface area contributed by atoms with Gasteiger partial charge in [-0.2, -0.15) is 0 Å². The number of urea groups is 1. The number of para-hydroxylation sites is 2. The Balaban J connectivity index is 2.98. The molecule has 0 bridgehead atoms. The molecule has 0 heterocycles. The van der Waals surface area contributed by atoms with E-state index in [9.17, 15) is 4.79 Å². The molecule has 5 heteroatoms. The SMILES string of the molecule is CNC(=O)N(CCCN)c1ccccc1OC. The number of amides is 2. The molecule has 3 N–H and O–H groups in total. The third kappa shape index (κ3) is 3.35. The van der Waals surface area contributed by atoms with Crippen LogP contribution in [-0.4, -0.2) is 33.3 Å². The van der Waals surface area contributed by atoms with Crippen molar-refractivity contribution in [3.8, 4) is 5.75 Å². The molecule has 17 heavy (non-hydrogen) atoms. The first-order valence-corrected chi connectivity index (χ1v) is 5.57. The molecule has 1 rings (SSSR count). The van der Waals surface area contributed by atoms with Crippen LogP contribution in [0.1, 0.15) is 6.42 Å². The number of carbonyl (C=O) groups excluding carboxylic acids is 1. The summed E-state index contributed by atoms with van der Waals surface area (Å²) < 4.78 is 5.25. The van der Waals surface area contributed by atoms with Gasteiger partial charge in [-0.3, -0.25) is 4.90 Å². The van der Waals surface area contributed by atoms with Gasteiger partial charge in [-0.1, -0.05) is 12.1 Å². The minimum atomic E-state index is -0.164. The molecule has 0 atom stereocenters. The Morgan fingerprint density at radius 2 is 2.18 bits per heavy atom. The minimum Gasteiger partial charge on any atom is -0.495 e. The topological polar surface area (TPSA) is 67.6 Å². The summed E-state index contributed by atoms with van der Waals surface area (Å²) in [7, 11) is 3.19. The lowest BCUT2D eigenvalue weighted by molar-refractivity contribution is 0.248. The van der Waals surface area contributed by atoms with Crippen molar-refractivity contribution in [3.63, 3.8) is 0 Å². The van der Waals surface area contributed by atoms with E-state index in [0.717, 1.165) is 12.1 Å². The highest BCUT2D eigenvalue weighted by molar-refractivity contribution is 5.93. The maximum absolute atomic E-state index is 11.8. The van der Waals surface area contributed by atoms with Crippen molar-refractivity contribution in [2.45, 2.75) is 6.42 Å². The van der Waals surface area contributed by atoms with Crippen molar-refractivity contribution in [1.29, 1.82) is 0 Å². The van der Waals surface area contributed by atoms with Crippen LogP contribution in [-0.2, 0) is 0 Å².